The number of ether oxygens (including phenoxy) is 1. The summed E-state index contributed by atoms with van der Waals surface area (Å²) in [4.78, 5) is 14.2. The Morgan fingerprint density at radius 1 is 0.958 bits per heavy atom. The lowest BCUT2D eigenvalue weighted by atomic mass is 10.1. The standard InChI is InChI=1S/C20H23NO3/c1-3-24-20(23)19(16(2)22)21(14-17-10-6-4-7-11-17)15-18-12-8-5-9-13-18/h4-13,22H,3,14-15H2,1-2H3. The van der Waals surface area contributed by atoms with Crippen molar-refractivity contribution in [3.8, 4) is 0 Å². The van der Waals surface area contributed by atoms with Crippen LogP contribution in [0.25, 0.3) is 0 Å². The van der Waals surface area contributed by atoms with Gasteiger partial charge in [0.1, 0.15) is 5.76 Å². The van der Waals surface area contributed by atoms with Crippen LogP contribution in [0.2, 0.25) is 0 Å². The van der Waals surface area contributed by atoms with Crippen molar-refractivity contribution in [3.63, 3.8) is 0 Å². The van der Waals surface area contributed by atoms with E-state index in [0.717, 1.165) is 11.1 Å². The molecule has 0 fully saturated rings. The molecule has 1 N–H and O–H groups in total. The second-order valence-corrected chi connectivity index (χ2v) is 5.48. The van der Waals surface area contributed by atoms with Gasteiger partial charge in [-0.15, -0.1) is 0 Å². The number of aliphatic hydroxyl groups is 1. The Morgan fingerprint density at radius 2 is 1.42 bits per heavy atom. The van der Waals surface area contributed by atoms with Crippen LogP contribution < -0.4 is 0 Å². The molecule has 24 heavy (non-hydrogen) atoms. The van der Waals surface area contributed by atoms with Crippen LogP contribution in [-0.2, 0) is 22.6 Å². The molecule has 2 rings (SSSR count). The number of esters is 1. The number of hydrogen-bond donors (Lipinski definition) is 1. The maximum absolute atomic E-state index is 12.3. The molecule has 0 atom stereocenters. The van der Waals surface area contributed by atoms with E-state index in [2.05, 4.69) is 0 Å². The Kier molecular flexibility index (Phi) is 6.43. The van der Waals surface area contributed by atoms with E-state index in [4.69, 9.17) is 4.74 Å². The number of benzene rings is 2. The van der Waals surface area contributed by atoms with Crippen LogP contribution in [0, 0.1) is 0 Å². The zero-order valence-electron chi connectivity index (χ0n) is 14.1. The smallest absolute Gasteiger partial charge is 0.358 e. The first-order valence-corrected chi connectivity index (χ1v) is 8.01. The normalized spacial score (nSPS) is 11.6. The lowest BCUT2D eigenvalue weighted by Crippen LogP contribution is -2.29. The van der Waals surface area contributed by atoms with E-state index in [1.165, 1.54) is 6.92 Å². The van der Waals surface area contributed by atoms with E-state index in [9.17, 15) is 9.90 Å². The van der Waals surface area contributed by atoms with Crippen LogP contribution in [0.1, 0.15) is 25.0 Å². The third-order valence-electron chi connectivity index (χ3n) is 3.56. The highest BCUT2D eigenvalue weighted by molar-refractivity contribution is 5.88. The molecular formula is C20H23NO3. The van der Waals surface area contributed by atoms with Gasteiger partial charge in [0.2, 0.25) is 0 Å². The molecular weight excluding hydrogens is 302 g/mol. The number of rotatable bonds is 7. The molecule has 0 amide bonds. The van der Waals surface area contributed by atoms with Gasteiger partial charge in [-0.1, -0.05) is 60.7 Å². The lowest BCUT2D eigenvalue weighted by Gasteiger charge is -2.27. The molecule has 0 heterocycles. The van der Waals surface area contributed by atoms with E-state index in [0.29, 0.717) is 13.1 Å². The molecule has 0 radical (unpaired) electrons. The molecule has 0 aromatic heterocycles. The van der Waals surface area contributed by atoms with E-state index in [1.807, 2.05) is 65.6 Å². The second kappa shape index (κ2) is 8.77. The fraction of sp³-hybridized carbons (Fsp3) is 0.250. The average Bonchev–Trinajstić information content (AvgIpc) is 2.56. The van der Waals surface area contributed by atoms with Crippen molar-refractivity contribution in [1.29, 1.82) is 0 Å². The molecule has 0 saturated carbocycles. The molecule has 2 aromatic rings. The lowest BCUT2D eigenvalue weighted by molar-refractivity contribution is -0.140. The van der Waals surface area contributed by atoms with E-state index >= 15 is 0 Å². The number of carbonyl (C=O) groups excluding carboxylic acids is 1. The Bertz CT molecular complexity index is 635. The van der Waals surface area contributed by atoms with Gasteiger partial charge in [-0.2, -0.15) is 0 Å². The summed E-state index contributed by atoms with van der Waals surface area (Å²) in [6.45, 7) is 4.53. The van der Waals surface area contributed by atoms with Gasteiger partial charge in [-0.3, -0.25) is 0 Å². The molecule has 0 aliphatic carbocycles. The second-order valence-electron chi connectivity index (χ2n) is 5.48. The predicted octanol–water partition coefficient (Wildman–Crippen LogP) is 4.04. The first-order chi connectivity index (χ1) is 11.6. The van der Waals surface area contributed by atoms with Gasteiger partial charge in [-0.05, 0) is 25.0 Å². The molecule has 4 heteroatoms. The predicted molar refractivity (Wildman–Crippen MR) is 94.1 cm³/mol. The maximum atomic E-state index is 12.3. The summed E-state index contributed by atoms with van der Waals surface area (Å²) in [5, 5.41) is 10.1. The quantitative estimate of drug-likeness (QED) is 0.474. The molecule has 0 spiro atoms. The Morgan fingerprint density at radius 3 is 1.79 bits per heavy atom. The molecule has 126 valence electrons. The van der Waals surface area contributed by atoms with Crippen molar-refractivity contribution >= 4 is 5.97 Å². The Labute approximate surface area is 143 Å². The van der Waals surface area contributed by atoms with Crippen molar-refractivity contribution < 1.29 is 14.6 Å². The minimum atomic E-state index is -0.510. The number of carbonyl (C=O) groups is 1. The largest absolute Gasteiger partial charge is 0.510 e. The highest BCUT2D eigenvalue weighted by Gasteiger charge is 2.22. The number of nitrogens with zero attached hydrogens (tertiary/aromatic N) is 1. The van der Waals surface area contributed by atoms with Crippen molar-refractivity contribution in [2.24, 2.45) is 0 Å². The first-order valence-electron chi connectivity index (χ1n) is 8.01. The van der Waals surface area contributed by atoms with Crippen molar-refractivity contribution in [3.05, 3.63) is 83.2 Å². The van der Waals surface area contributed by atoms with Gasteiger partial charge in [0.05, 0.1) is 6.61 Å². The van der Waals surface area contributed by atoms with Gasteiger partial charge < -0.3 is 14.7 Å². The molecule has 2 aromatic carbocycles. The fourth-order valence-electron chi connectivity index (χ4n) is 2.53. The summed E-state index contributed by atoms with van der Waals surface area (Å²) in [6.07, 6.45) is 0. The van der Waals surface area contributed by atoms with Crippen LogP contribution in [0.15, 0.2) is 72.1 Å². The monoisotopic (exact) mass is 325 g/mol. The minimum Gasteiger partial charge on any atom is -0.510 e. The van der Waals surface area contributed by atoms with Crippen LogP contribution in [0.3, 0.4) is 0 Å². The number of allylic oxidation sites excluding steroid dienone is 1. The van der Waals surface area contributed by atoms with E-state index in [1.54, 1.807) is 6.92 Å². The number of hydrogen-bond acceptors (Lipinski definition) is 4. The number of aliphatic hydroxyl groups excluding tert-OH is 1. The van der Waals surface area contributed by atoms with Gasteiger partial charge in [0.25, 0.3) is 0 Å². The average molecular weight is 325 g/mol. The Hall–Kier alpha value is -2.75. The van der Waals surface area contributed by atoms with Gasteiger partial charge in [0.15, 0.2) is 5.70 Å². The third kappa shape index (κ3) is 4.88. The topological polar surface area (TPSA) is 49.8 Å². The summed E-state index contributed by atoms with van der Waals surface area (Å²) in [5.41, 5.74) is 2.30. The summed E-state index contributed by atoms with van der Waals surface area (Å²) in [7, 11) is 0. The summed E-state index contributed by atoms with van der Waals surface area (Å²) in [6, 6.07) is 19.7. The zero-order chi connectivity index (χ0) is 17.4. The van der Waals surface area contributed by atoms with Gasteiger partial charge in [-0.25, -0.2) is 4.79 Å². The molecule has 0 bridgehead atoms. The van der Waals surface area contributed by atoms with Crippen LogP contribution in [-0.4, -0.2) is 22.6 Å². The van der Waals surface area contributed by atoms with Gasteiger partial charge >= 0.3 is 5.97 Å². The summed E-state index contributed by atoms with van der Waals surface area (Å²) in [5.74, 6) is -0.551. The molecule has 4 nitrogen and oxygen atoms in total. The van der Waals surface area contributed by atoms with E-state index in [-0.39, 0.29) is 18.1 Å². The fourth-order valence-corrected chi connectivity index (χ4v) is 2.53. The molecule has 0 unspecified atom stereocenters. The van der Waals surface area contributed by atoms with Gasteiger partial charge in [0, 0.05) is 13.1 Å². The third-order valence-corrected chi connectivity index (χ3v) is 3.56. The van der Waals surface area contributed by atoms with Crippen molar-refractivity contribution in [2.45, 2.75) is 26.9 Å². The zero-order valence-corrected chi connectivity index (χ0v) is 14.1. The highest BCUT2D eigenvalue weighted by atomic mass is 16.5. The van der Waals surface area contributed by atoms with Crippen LogP contribution in [0.4, 0.5) is 0 Å². The van der Waals surface area contributed by atoms with E-state index < -0.39 is 5.97 Å². The molecule has 0 saturated heterocycles. The first kappa shape index (κ1) is 17.6. The summed E-state index contributed by atoms with van der Waals surface area (Å²) < 4.78 is 5.12. The van der Waals surface area contributed by atoms with Crippen molar-refractivity contribution in [1.82, 2.24) is 4.90 Å². The molecule has 0 aliphatic rings. The Balaban J connectivity index is 2.33. The highest BCUT2D eigenvalue weighted by Crippen LogP contribution is 2.19. The van der Waals surface area contributed by atoms with Crippen LogP contribution in [0.5, 0.6) is 0 Å². The minimum absolute atomic E-state index is 0.0414. The molecule has 0 aliphatic heterocycles. The maximum Gasteiger partial charge on any atom is 0.358 e. The SMILES string of the molecule is CCOC(=O)C(=C(C)O)N(Cc1ccccc1)Cc1ccccc1. The summed E-state index contributed by atoms with van der Waals surface area (Å²) >= 11 is 0. The van der Waals surface area contributed by atoms with Crippen LogP contribution >= 0.6 is 0 Å². The van der Waals surface area contributed by atoms with Crippen molar-refractivity contribution in [2.75, 3.05) is 6.61 Å².